The molecule has 0 atom stereocenters. The predicted molar refractivity (Wildman–Crippen MR) is 94.8 cm³/mol. The molecule has 0 saturated carbocycles. The number of allylic oxidation sites excluding steroid dienone is 4. The number of carbonyl (C=O) groups excluding carboxylic acids is 2. The van der Waals surface area contributed by atoms with Crippen LogP contribution in [0.25, 0.3) is 11.5 Å². The third-order valence-electron chi connectivity index (χ3n) is 3.12. The first-order valence-electron chi connectivity index (χ1n) is 7.42. The van der Waals surface area contributed by atoms with Gasteiger partial charge in [0, 0.05) is 0 Å². The van der Waals surface area contributed by atoms with Crippen LogP contribution < -0.4 is 5.32 Å². The number of amides is 1. The Kier molecular flexibility index (Phi) is 5.06. The highest BCUT2D eigenvalue weighted by atomic mass is 32.1. The van der Waals surface area contributed by atoms with Gasteiger partial charge in [-0.1, -0.05) is 29.6 Å². The number of hydrogen-bond donors (Lipinski definition) is 1. The second-order valence-corrected chi connectivity index (χ2v) is 5.85. The maximum Gasteiger partial charge on any atom is 0.293 e. The molecule has 0 aliphatic carbocycles. The van der Waals surface area contributed by atoms with Crippen LogP contribution in [0.4, 0.5) is 5.13 Å². The van der Waals surface area contributed by atoms with Crippen LogP contribution in [0.15, 0.2) is 69.9 Å². The summed E-state index contributed by atoms with van der Waals surface area (Å²) in [6.07, 6.45) is 9.57. The summed E-state index contributed by atoms with van der Waals surface area (Å²) in [7, 11) is 0. The van der Waals surface area contributed by atoms with Gasteiger partial charge in [0.1, 0.15) is 10.6 Å². The lowest BCUT2D eigenvalue weighted by Crippen LogP contribution is -2.10. The van der Waals surface area contributed by atoms with Gasteiger partial charge in [0.05, 0.1) is 12.5 Å². The fourth-order valence-corrected chi connectivity index (χ4v) is 2.90. The molecule has 0 saturated heterocycles. The molecule has 1 amide bonds. The van der Waals surface area contributed by atoms with Gasteiger partial charge in [0.25, 0.3) is 5.91 Å². The van der Waals surface area contributed by atoms with Crippen LogP contribution in [0.3, 0.4) is 0 Å². The van der Waals surface area contributed by atoms with Crippen molar-refractivity contribution in [1.82, 2.24) is 4.98 Å². The van der Waals surface area contributed by atoms with E-state index in [1.807, 2.05) is 13.0 Å². The van der Waals surface area contributed by atoms with Crippen LogP contribution in [0.1, 0.15) is 27.2 Å². The van der Waals surface area contributed by atoms with E-state index in [4.69, 9.17) is 8.83 Å². The van der Waals surface area contributed by atoms with Crippen molar-refractivity contribution in [2.75, 3.05) is 5.32 Å². The molecular formula is C18H14N2O4S. The van der Waals surface area contributed by atoms with Crippen molar-refractivity contribution in [2.24, 2.45) is 0 Å². The molecule has 3 aromatic heterocycles. The van der Waals surface area contributed by atoms with Gasteiger partial charge < -0.3 is 8.83 Å². The lowest BCUT2D eigenvalue weighted by atomic mass is 10.2. The van der Waals surface area contributed by atoms with Crippen molar-refractivity contribution < 1.29 is 18.4 Å². The number of thiazole rings is 1. The van der Waals surface area contributed by atoms with Crippen LogP contribution >= 0.6 is 11.3 Å². The second kappa shape index (κ2) is 7.59. The van der Waals surface area contributed by atoms with Gasteiger partial charge in [0.2, 0.25) is 0 Å². The van der Waals surface area contributed by atoms with Crippen molar-refractivity contribution in [3.05, 3.63) is 71.7 Å². The van der Waals surface area contributed by atoms with E-state index in [-0.39, 0.29) is 16.7 Å². The predicted octanol–water partition coefficient (Wildman–Crippen LogP) is 4.56. The number of hydrogen-bond acceptors (Lipinski definition) is 6. The third kappa shape index (κ3) is 3.84. The molecule has 1 N–H and O–H groups in total. The summed E-state index contributed by atoms with van der Waals surface area (Å²) >= 11 is 1.08. The van der Waals surface area contributed by atoms with Crippen molar-refractivity contribution in [2.45, 2.75) is 6.92 Å². The molecule has 25 heavy (non-hydrogen) atoms. The van der Waals surface area contributed by atoms with E-state index in [0.29, 0.717) is 16.3 Å². The minimum Gasteiger partial charge on any atom is -0.463 e. The van der Waals surface area contributed by atoms with E-state index < -0.39 is 5.91 Å². The van der Waals surface area contributed by atoms with Crippen molar-refractivity contribution >= 4 is 28.2 Å². The maximum absolute atomic E-state index is 12.4. The monoisotopic (exact) mass is 354 g/mol. The highest BCUT2D eigenvalue weighted by molar-refractivity contribution is 7.18. The zero-order chi connectivity index (χ0) is 17.6. The van der Waals surface area contributed by atoms with E-state index >= 15 is 0 Å². The summed E-state index contributed by atoms with van der Waals surface area (Å²) in [6.45, 7) is 1.86. The van der Waals surface area contributed by atoms with Gasteiger partial charge in [-0.15, -0.1) is 0 Å². The lowest BCUT2D eigenvalue weighted by molar-refractivity contribution is 0.0995. The molecular weight excluding hydrogens is 340 g/mol. The van der Waals surface area contributed by atoms with Gasteiger partial charge in [-0.2, -0.15) is 0 Å². The lowest BCUT2D eigenvalue weighted by Gasteiger charge is -1.96. The quantitative estimate of drug-likeness (QED) is 0.398. The SMILES string of the molecule is C/C=C\C=C\C(=O)c1sc(NC(=O)c2ccco2)nc1-c1ccco1. The number of furan rings is 2. The minimum absolute atomic E-state index is 0.163. The molecule has 0 unspecified atom stereocenters. The molecule has 6 nitrogen and oxygen atoms in total. The van der Waals surface area contributed by atoms with Crippen LogP contribution in [0, 0.1) is 0 Å². The van der Waals surface area contributed by atoms with E-state index in [9.17, 15) is 9.59 Å². The van der Waals surface area contributed by atoms with Crippen molar-refractivity contribution in [3.8, 4) is 11.5 Å². The van der Waals surface area contributed by atoms with E-state index in [2.05, 4.69) is 10.3 Å². The highest BCUT2D eigenvalue weighted by Gasteiger charge is 2.21. The molecule has 3 aromatic rings. The summed E-state index contributed by atoms with van der Waals surface area (Å²) in [5.74, 6) is -0.0400. The number of nitrogens with zero attached hydrogens (tertiary/aromatic N) is 1. The van der Waals surface area contributed by atoms with Gasteiger partial charge in [-0.05, 0) is 37.3 Å². The van der Waals surface area contributed by atoms with E-state index in [0.717, 1.165) is 11.3 Å². The Morgan fingerprint density at radius 3 is 2.64 bits per heavy atom. The third-order valence-corrected chi connectivity index (χ3v) is 4.11. The van der Waals surface area contributed by atoms with Crippen molar-refractivity contribution in [1.29, 1.82) is 0 Å². The van der Waals surface area contributed by atoms with E-state index in [1.54, 1.807) is 36.4 Å². The Balaban J connectivity index is 1.92. The normalized spacial score (nSPS) is 11.4. The van der Waals surface area contributed by atoms with Crippen LogP contribution in [-0.2, 0) is 0 Å². The number of ketones is 1. The summed E-state index contributed by atoms with van der Waals surface area (Å²) in [6, 6.07) is 6.58. The number of aromatic nitrogens is 1. The van der Waals surface area contributed by atoms with Crippen molar-refractivity contribution in [3.63, 3.8) is 0 Å². The average molecular weight is 354 g/mol. The molecule has 0 aliphatic rings. The van der Waals surface area contributed by atoms with Crippen LogP contribution in [0.2, 0.25) is 0 Å². The zero-order valence-electron chi connectivity index (χ0n) is 13.3. The molecule has 3 rings (SSSR count). The fourth-order valence-electron chi connectivity index (χ4n) is 2.02. The van der Waals surface area contributed by atoms with Crippen LogP contribution in [0.5, 0.6) is 0 Å². The standard InChI is InChI=1S/C18H14N2O4S/c1-2-3-4-7-12(21)16-15(13-8-5-10-23-13)19-18(25-16)20-17(22)14-9-6-11-24-14/h2-11H,1H3,(H,19,20,22)/b3-2-,7-4+. The Hall–Kier alpha value is -3.19. The Labute approximate surface area is 147 Å². The number of nitrogens with one attached hydrogen (secondary N) is 1. The highest BCUT2D eigenvalue weighted by Crippen LogP contribution is 2.32. The molecule has 126 valence electrons. The Bertz CT molecular complexity index is 919. The number of anilines is 1. The molecule has 7 heteroatoms. The first-order valence-corrected chi connectivity index (χ1v) is 8.24. The first-order chi connectivity index (χ1) is 12.2. The molecule has 0 fully saturated rings. The summed E-state index contributed by atoms with van der Waals surface area (Å²) < 4.78 is 10.4. The summed E-state index contributed by atoms with van der Waals surface area (Å²) in [5.41, 5.74) is 0.389. The Morgan fingerprint density at radius 1 is 1.16 bits per heavy atom. The molecule has 0 aliphatic heterocycles. The smallest absolute Gasteiger partial charge is 0.293 e. The van der Waals surface area contributed by atoms with Gasteiger partial charge in [-0.3, -0.25) is 14.9 Å². The van der Waals surface area contributed by atoms with Gasteiger partial charge >= 0.3 is 0 Å². The Morgan fingerprint density at radius 2 is 1.96 bits per heavy atom. The van der Waals surface area contributed by atoms with Gasteiger partial charge in [-0.25, -0.2) is 4.98 Å². The first kappa shape index (κ1) is 16.7. The molecule has 0 spiro atoms. The van der Waals surface area contributed by atoms with Gasteiger partial charge in [0.15, 0.2) is 22.4 Å². The minimum atomic E-state index is -0.437. The van der Waals surface area contributed by atoms with E-state index in [1.165, 1.54) is 18.6 Å². The summed E-state index contributed by atoms with van der Waals surface area (Å²) in [5, 5.41) is 2.92. The zero-order valence-corrected chi connectivity index (χ0v) is 14.1. The summed E-state index contributed by atoms with van der Waals surface area (Å²) in [4.78, 5) is 29.2. The largest absolute Gasteiger partial charge is 0.463 e. The second-order valence-electron chi connectivity index (χ2n) is 4.85. The average Bonchev–Trinajstić information content (AvgIpc) is 3.35. The molecule has 0 radical (unpaired) electrons. The number of carbonyl (C=O) groups is 2. The topological polar surface area (TPSA) is 85.3 Å². The maximum atomic E-state index is 12.4. The van der Waals surface area contributed by atoms with Crippen LogP contribution in [-0.4, -0.2) is 16.7 Å². The molecule has 3 heterocycles. The number of rotatable bonds is 6. The molecule has 0 aromatic carbocycles. The molecule has 0 bridgehead atoms. The fraction of sp³-hybridized carbons (Fsp3) is 0.0556.